The normalized spacial score (nSPS) is 19.2. The molecule has 3 aliphatic rings. The van der Waals surface area contributed by atoms with Crippen LogP contribution in [0.2, 0.25) is 0 Å². The molecule has 0 unspecified atom stereocenters. The number of nitrogens with one attached hydrogen (secondary N) is 1. The Hall–Kier alpha value is -4.80. The Morgan fingerprint density at radius 1 is 0.800 bits per heavy atom. The molecule has 2 aliphatic heterocycles. The maximum atomic E-state index is 13.0. The molecule has 4 aromatic rings. The smallest absolute Gasteiger partial charge is 0.410 e. The summed E-state index contributed by atoms with van der Waals surface area (Å²) in [7, 11) is 0. The molecule has 2 N–H and O–H groups in total. The van der Waals surface area contributed by atoms with E-state index in [2.05, 4.69) is 52.4 Å². The van der Waals surface area contributed by atoms with E-state index >= 15 is 0 Å². The van der Waals surface area contributed by atoms with Crippen LogP contribution in [0.15, 0.2) is 48.7 Å². The zero-order chi connectivity index (χ0) is 35.4. The van der Waals surface area contributed by atoms with Gasteiger partial charge < -0.3 is 19.7 Å². The maximum Gasteiger partial charge on any atom is 0.410 e. The molecule has 0 radical (unpaired) electrons. The third kappa shape index (κ3) is 6.69. The van der Waals surface area contributed by atoms with E-state index < -0.39 is 11.2 Å². The second kappa shape index (κ2) is 12.8. The van der Waals surface area contributed by atoms with Crippen molar-refractivity contribution in [2.45, 2.75) is 110 Å². The second-order valence-corrected chi connectivity index (χ2v) is 15.7. The summed E-state index contributed by atoms with van der Waals surface area (Å²) in [5.74, 6) is 1.27. The topological polar surface area (TPSA) is 126 Å². The molecule has 50 heavy (non-hydrogen) atoms. The van der Waals surface area contributed by atoms with Gasteiger partial charge in [-0.2, -0.15) is 4.73 Å². The Bertz CT molecular complexity index is 1900. The fourth-order valence-electron chi connectivity index (χ4n) is 7.44. The fourth-order valence-corrected chi connectivity index (χ4v) is 7.44. The quantitative estimate of drug-likeness (QED) is 0.207. The van der Waals surface area contributed by atoms with Crippen LogP contribution in [0.1, 0.15) is 109 Å². The number of aromatic amines is 1. The molecular formula is C39H48N6O5. The summed E-state index contributed by atoms with van der Waals surface area (Å²) < 4.78 is 12.5. The zero-order valence-corrected chi connectivity index (χ0v) is 30.0. The maximum absolute atomic E-state index is 13.0. The number of likely N-dealkylation sites (tertiary alicyclic amines) is 2. The molecule has 11 heteroatoms. The highest BCUT2D eigenvalue weighted by molar-refractivity contribution is 5.76. The summed E-state index contributed by atoms with van der Waals surface area (Å²) in [5, 5.41) is 11.4. The zero-order valence-electron chi connectivity index (χ0n) is 30.0. The van der Waals surface area contributed by atoms with Crippen LogP contribution in [0.5, 0.6) is 0 Å². The van der Waals surface area contributed by atoms with Crippen molar-refractivity contribution in [1.29, 1.82) is 0 Å². The molecule has 2 saturated heterocycles. The Kier molecular flexibility index (Phi) is 8.64. The van der Waals surface area contributed by atoms with E-state index in [1.165, 1.54) is 10.3 Å². The minimum Gasteiger partial charge on any atom is -0.444 e. The van der Waals surface area contributed by atoms with E-state index in [-0.39, 0.29) is 24.3 Å². The summed E-state index contributed by atoms with van der Waals surface area (Å²) in [6.45, 7) is 12.5. The number of fused-ring (bicyclic) bond motifs is 3. The minimum atomic E-state index is -0.599. The van der Waals surface area contributed by atoms with Crippen LogP contribution in [0.3, 0.4) is 0 Å². The number of H-pyrrole nitrogens is 1. The molecule has 2 aromatic carbocycles. The van der Waals surface area contributed by atoms with E-state index in [0.717, 1.165) is 83.7 Å². The van der Waals surface area contributed by atoms with E-state index in [0.29, 0.717) is 25.3 Å². The molecule has 2 amide bonds. The van der Waals surface area contributed by atoms with Crippen molar-refractivity contribution in [3.63, 3.8) is 0 Å². The minimum absolute atomic E-state index is 0.131. The summed E-state index contributed by atoms with van der Waals surface area (Å²) in [5.41, 5.74) is 6.76. The van der Waals surface area contributed by atoms with Gasteiger partial charge in [0.05, 0.1) is 35.4 Å². The van der Waals surface area contributed by atoms with Crippen molar-refractivity contribution in [3.05, 3.63) is 71.6 Å². The van der Waals surface area contributed by atoms with Gasteiger partial charge in [0.1, 0.15) is 17.0 Å². The van der Waals surface area contributed by atoms with Crippen LogP contribution in [-0.2, 0) is 22.3 Å². The predicted octanol–water partition coefficient (Wildman–Crippen LogP) is 8.48. The van der Waals surface area contributed by atoms with Crippen molar-refractivity contribution in [1.82, 2.24) is 29.5 Å². The number of benzene rings is 2. The summed E-state index contributed by atoms with van der Waals surface area (Å²) in [6.07, 6.45) is 6.91. The van der Waals surface area contributed by atoms with Crippen molar-refractivity contribution < 1.29 is 24.3 Å². The Morgan fingerprint density at radius 2 is 1.40 bits per heavy atom. The first-order chi connectivity index (χ1) is 23.8. The second-order valence-electron chi connectivity index (χ2n) is 15.7. The van der Waals surface area contributed by atoms with Gasteiger partial charge >= 0.3 is 12.2 Å². The lowest BCUT2D eigenvalue weighted by molar-refractivity contribution is 0.0194. The number of hydrogen-bond donors (Lipinski definition) is 2. The molecular weight excluding hydrogens is 632 g/mol. The number of aryl methyl sites for hydroxylation is 1. The third-order valence-corrected chi connectivity index (χ3v) is 9.69. The van der Waals surface area contributed by atoms with Crippen LogP contribution in [0, 0.1) is 0 Å². The number of ether oxygens (including phenoxy) is 2. The van der Waals surface area contributed by atoms with Gasteiger partial charge in [-0.25, -0.2) is 19.6 Å². The molecule has 0 spiro atoms. The molecule has 4 heterocycles. The van der Waals surface area contributed by atoms with E-state index in [9.17, 15) is 14.8 Å². The van der Waals surface area contributed by atoms with Crippen LogP contribution in [0.4, 0.5) is 9.59 Å². The molecule has 2 fully saturated rings. The lowest BCUT2D eigenvalue weighted by atomic mass is 9.95. The number of carbonyl (C=O) groups is 2. The highest BCUT2D eigenvalue weighted by Crippen LogP contribution is 2.40. The van der Waals surface area contributed by atoms with Gasteiger partial charge in [0.25, 0.3) is 0 Å². The lowest BCUT2D eigenvalue weighted by Crippen LogP contribution is -2.37. The molecule has 2 atom stereocenters. The van der Waals surface area contributed by atoms with Crippen molar-refractivity contribution >= 4 is 12.2 Å². The summed E-state index contributed by atoms with van der Waals surface area (Å²) >= 11 is 0. The Morgan fingerprint density at radius 3 is 2.06 bits per heavy atom. The molecule has 1 aliphatic carbocycles. The predicted molar refractivity (Wildman–Crippen MR) is 190 cm³/mol. The number of carbonyl (C=O) groups excluding carboxylic acids is 2. The molecule has 7 rings (SSSR count). The van der Waals surface area contributed by atoms with Crippen LogP contribution < -0.4 is 0 Å². The van der Waals surface area contributed by atoms with Crippen LogP contribution in [0.25, 0.3) is 33.6 Å². The van der Waals surface area contributed by atoms with Gasteiger partial charge in [0.15, 0.2) is 5.82 Å². The van der Waals surface area contributed by atoms with Crippen molar-refractivity contribution in [2.75, 3.05) is 13.1 Å². The van der Waals surface area contributed by atoms with Crippen LogP contribution >= 0.6 is 0 Å². The first-order valence-corrected chi connectivity index (χ1v) is 17.8. The Balaban J connectivity index is 1.09. The number of amides is 2. The van der Waals surface area contributed by atoms with E-state index in [1.54, 1.807) is 9.80 Å². The fraction of sp³-hybridized carbons (Fsp3) is 0.487. The van der Waals surface area contributed by atoms with Gasteiger partial charge in [0, 0.05) is 18.7 Å². The van der Waals surface area contributed by atoms with Gasteiger partial charge in [-0.05, 0) is 109 Å². The molecule has 0 bridgehead atoms. The van der Waals surface area contributed by atoms with Gasteiger partial charge in [-0.15, -0.1) is 0 Å². The van der Waals surface area contributed by atoms with Crippen LogP contribution in [-0.4, -0.2) is 71.2 Å². The highest BCUT2D eigenvalue weighted by Gasteiger charge is 2.38. The van der Waals surface area contributed by atoms with Crippen molar-refractivity contribution in [2.24, 2.45) is 0 Å². The van der Waals surface area contributed by atoms with Crippen molar-refractivity contribution in [3.8, 4) is 33.6 Å². The standard InChI is InChI=1S/C39H48N6O5/c1-38(2,3)49-36(46)43-20-8-12-31(43)34-40-23-29(41-34)25-16-14-24(15-17-25)26-18-19-28-27(22-26)10-7-11-30-33(28)42-35(45(30)48)32-13-9-21-44(32)37(47)50-39(4,5)6/h14-19,22-23,31-32,48H,7-13,20-21H2,1-6H3,(H,40,41)/t31-,32-/m0/s1. The largest absolute Gasteiger partial charge is 0.444 e. The number of imidazole rings is 2. The lowest BCUT2D eigenvalue weighted by Gasteiger charge is -2.28. The average molecular weight is 681 g/mol. The monoisotopic (exact) mass is 680 g/mol. The molecule has 2 aromatic heterocycles. The van der Waals surface area contributed by atoms with Gasteiger partial charge in [0.2, 0.25) is 0 Å². The third-order valence-electron chi connectivity index (χ3n) is 9.69. The van der Waals surface area contributed by atoms with E-state index in [1.807, 2.05) is 47.7 Å². The molecule has 264 valence electrons. The highest BCUT2D eigenvalue weighted by atomic mass is 16.6. The number of hydrogen-bond acceptors (Lipinski definition) is 7. The number of rotatable bonds is 4. The average Bonchev–Trinajstić information content (AvgIpc) is 3.85. The van der Waals surface area contributed by atoms with E-state index in [4.69, 9.17) is 14.5 Å². The summed E-state index contributed by atoms with van der Waals surface area (Å²) in [4.78, 5) is 42.4. The molecule has 11 nitrogen and oxygen atoms in total. The molecule has 0 saturated carbocycles. The van der Waals surface area contributed by atoms with Gasteiger partial charge in [-0.1, -0.05) is 42.5 Å². The first kappa shape index (κ1) is 33.7. The SMILES string of the molecule is CC(C)(C)OC(=O)N1CCC[C@H]1c1ncc(-c2ccc(-c3ccc4c(c3)CCCc3c-4nc([C@@H]4CCCN4C(=O)OC(C)(C)C)n3O)cc2)[nH]1. The number of aromatic nitrogens is 4. The number of nitrogens with zero attached hydrogens (tertiary/aromatic N) is 5. The summed E-state index contributed by atoms with van der Waals surface area (Å²) in [6, 6.07) is 14.4. The first-order valence-electron chi connectivity index (χ1n) is 17.8. The Labute approximate surface area is 293 Å². The van der Waals surface area contributed by atoms with Gasteiger partial charge in [-0.3, -0.25) is 9.80 Å².